The van der Waals surface area contributed by atoms with Crippen LogP contribution in [0, 0.1) is 18.5 Å². The fourth-order valence-electron chi connectivity index (χ4n) is 11.3. The third kappa shape index (κ3) is 6.73. The van der Waals surface area contributed by atoms with E-state index in [1.54, 1.807) is 0 Å². The maximum absolute atomic E-state index is 6.96. The van der Waals surface area contributed by atoms with Crippen LogP contribution in [0.1, 0.15) is 26.3 Å². The molecule has 0 bridgehead atoms. The Morgan fingerprint density at radius 3 is 2.03 bits per heavy atom. The number of pyridine rings is 1. The van der Waals surface area contributed by atoms with Crippen LogP contribution >= 0.6 is 0 Å². The molecule has 3 aliphatic rings. The molecule has 0 spiro atoms. The molecule has 0 atom stereocenters. The van der Waals surface area contributed by atoms with Crippen molar-refractivity contribution in [3.05, 3.63) is 224 Å². The molecule has 8 nitrogen and oxygen atoms in total. The Bertz CT molecular complexity index is 4200. The van der Waals surface area contributed by atoms with E-state index in [0.29, 0.717) is 11.5 Å². The Kier molecular flexibility index (Phi) is 9.95. The molecule has 0 radical (unpaired) electrons. The van der Waals surface area contributed by atoms with Crippen LogP contribution in [0.3, 0.4) is 0 Å². The van der Waals surface area contributed by atoms with Crippen molar-refractivity contribution in [2.45, 2.75) is 26.2 Å². The molecule has 0 fully saturated rings. The van der Waals surface area contributed by atoms with Crippen LogP contribution in [-0.2, 0) is 26.5 Å². The molecule has 356 valence electrons. The standard InChI is InChI=1S/C64H42BN5O3.Pt/c1-64(2,3)41-32-33-66-60(36-41)70-50-23-10-8-21-47(50)48-31-30-45(38-55(48)70)71-44-19-13-18-43(37-44)67-39-68(52-25-12-11-24-51(52)67)49-22-9-7-20-46(49)40-34-58-63-59(35-40)73-57-29-15-27-54-62(57)65(63)61-53(26-14-28-56(61)72-58)69(54)42-16-5-4-6-17-42;/h4-36H,1-3H3;/q-2;. The molecule has 6 heterocycles. The number of hydrogen-bond acceptors (Lipinski definition) is 5. The van der Waals surface area contributed by atoms with Crippen molar-refractivity contribution in [3.63, 3.8) is 0 Å². The van der Waals surface area contributed by atoms with Crippen molar-refractivity contribution in [2.24, 2.45) is 0 Å². The number of aromatic nitrogens is 4. The second-order valence-electron chi connectivity index (χ2n) is 19.9. The first-order chi connectivity index (χ1) is 35.8. The molecule has 3 aromatic heterocycles. The Morgan fingerprint density at radius 1 is 0.581 bits per heavy atom. The fraction of sp³-hybridized carbons (Fsp3) is 0.0625. The Hall–Kier alpha value is -8.65. The van der Waals surface area contributed by atoms with Gasteiger partial charge in [0.05, 0.1) is 16.7 Å². The maximum Gasteiger partial charge on any atom is 0.268 e. The van der Waals surface area contributed by atoms with Crippen molar-refractivity contribution in [1.29, 1.82) is 0 Å². The molecule has 0 unspecified atom stereocenters. The van der Waals surface area contributed by atoms with Gasteiger partial charge in [-0.25, -0.2) is 4.98 Å². The van der Waals surface area contributed by atoms with Gasteiger partial charge in [0, 0.05) is 66.8 Å². The predicted molar refractivity (Wildman–Crippen MR) is 290 cm³/mol. The van der Waals surface area contributed by atoms with E-state index >= 15 is 0 Å². The van der Waals surface area contributed by atoms with Gasteiger partial charge in [0.1, 0.15) is 28.8 Å². The average molecular weight is 1130 g/mol. The minimum Gasteiger partial charge on any atom is -0.510 e. The molecule has 0 amide bonds. The molecule has 10 heteroatoms. The van der Waals surface area contributed by atoms with Gasteiger partial charge in [0.2, 0.25) is 0 Å². The summed E-state index contributed by atoms with van der Waals surface area (Å²) in [5.41, 5.74) is 15.4. The molecule has 15 rings (SSSR count). The van der Waals surface area contributed by atoms with E-state index in [0.717, 1.165) is 118 Å². The topological polar surface area (TPSA) is 57.6 Å². The van der Waals surface area contributed by atoms with E-state index in [2.05, 4.69) is 223 Å². The van der Waals surface area contributed by atoms with Crippen molar-refractivity contribution >= 4 is 73.0 Å². The molecule has 74 heavy (non-hydrogen) atoms. The number of rotatable bonds is 7. The summed E-state index contributed by atoms with van der Waals surface area (Å²) < 4.78 is 26.9. The molecule has 0 saturated heterocycles. The van der Waals surface area contributed by atoms with Gasteiger partial charge in [0.25, 0.3) is 13.0 Å². The van der Waals surface area contributed by atoms with Gasteiger partial charge in [-0.15, -0.1) is 29.7 Å². The van der Waals surface area contributed by atoms with Gasteiger partial charge in [0.15, 0.2) is 0 Å². The molecule has 0 aliphatic carbocycles. The van der Waals surface area contributed by atoms with E-state index in [1.165, 1.54) is 5.56 Å². The quantitative estimate of drug-likeness (QED) is 0.0904. The third-order valence-corrected chi connectivity index (χ3v) is 14.6. The number of ether oxygens (including phenoxy) is 3. The van der Waals surface area contributed by atoms with Crippen LogP contribution in [0.2, 0.25) is 0 Å². The summed E-state index contributed by atoms with van der Waals surface area (Å²) in [5, 5.41) is 2.20. The number of benzene rings is 9. The summed E-state index contributed by atoms with van der Waals surface area (Å²) in [5.74, 6) is 5.25. The third-order valence-electron chi connectivity index (χ3n) is 14.6. The number of para-hydroxylation sites is 5. The van der Waals surface area contributed by atoms with Crippen molar-refractivity contribution in [1.82, 2.24) is 14.1 Å². The first-order valence-electron chi connectivity index (χ1n) is 24.6. The maximum atomic E-state index is 6.96. The molecule has 0 saturated carbocycles. The van der Waals surface area contributed by atoms with E-state index in [1.807, 2.05) is 35.0 Å². The van der Waals surface area contributed by atoms with Crippen molar-refractivity contribution in [3.8, 4) is 62.8 Å². The minimum absolute atomic E-state index is 0. The summed E-state index contributed by atoms with van der Waals surface area (Å²) in [4.78, 5) is 7.19. The second-order valence-corrected chi connectivity index (χ2v) is 19.9. The van der Waals surface area contributed by atoms with Gasteiger partial charge < -0.3 is 28.2 Å². The number of hydrogen-bond donors (Lipinski definition) is 0. The molecule has 0 N–H and O–H groups in total. The molecule has 3 aliphatic heterocycles. The van der Waals surface area contributed by atoms with Gasteiger partial charge >= 0.3 is 0 Å². The van der Waals surface area contributed by atoms with Crippen LogP contribution in [0.4, 0.5) is 17.1 Å². The average Bonchev–Trinajstić information content (AvgIpc) is 3.98. The summed E-state index contributed by atoms with van der Waals surface area (Å²) in [6, 6.07) is 74.4. The van der Waals surface area contributed by atoms with Crippen molar-refractivity contribution < 1.29 is 39.8 Å². The zero-order valence-corrected chi connectivity index (χ0v) is 42.7. The molecule has 12 aromatic rings. The van der Waals surface area contributed by atoms with Crippen molar-refractivity contribution in [2.75, 3.05) is 4.90 Å². The summed E-state index contributed by atoms with van der Waals surface area (Å²) in [6.07, 6.45) is 5.62. The number of fused-ring (bicyclic) bond motifs is 4. The van der Waals surface area contributed by atoms with Gasteiger partial charge in [-0.05, 0) is 117 Å². The van der Waals surface area contributed by atoms with E-state index in [9.17, 15) is 0 Å². The summed E-state index contributed by atoms with van der Waals surface area (Å²) >= 11 is 0. The first kappa shape index (κ1) is 44.1. The van der Waals surface area contributed by atoms with E-state index in [4.69, 9.17) is 19.2 Å². The normalized spacial score (nSPS) is 12.9. The molecular weight excluding hydrogens is 1090 g/mol. The largest absolute Gasteiger partial charge is 0.510 e. The second kappa shape index (κ2) is 16.7. The van der Waals surface area contributed by atoms with Crippen LogP contribution in [0.5, 0.6) is 34.5 Å². The monoisotopic (exact) mass is 1130 g/mol. The summed E-state index contributed by atoms with van der Waals surface area (Å²) in [7, 11) is 0. The number of nitrogens with zero attached hydrogens (tertiary/aromatic N) is 5. The van der Waals surface area contributed by atoms with Crippen LogP contribution in [-0.4, -0.2) is 20.8 Å². The smallest absolute Gasteiger partial charge is 0.268 e. The minimum atomic E-state index is -0.0493. The van der Waals surface area contributed by atoms with Crippen LogP contribution in [0.25, 0.3) is 61.2 Å². The zero-order chi connectivity index (χ0) is 48.5. The van der Waals surface area contributed by atoms with E-state index in [-0.39, 0.29) is 33.2 Å². The predicted octanol–water partition coefficient (Wildman–Crippen LogP) is 13.1. The van der Waals surface area contributed by atoms with E-state index < -0.39 is 0 Å². The molecule has 9 aromatic carbocycles. The first-order valence-corrected chi connectivity index (χ1v) is 24.6. The van der Waals surface area contributed by atoms with Gasteiger partial charge in [-0.1, -0.05) is 117 Å². The Balaban J connectivity index is 0.00000505. The summed E-state index contributed by atoms with van der Waals surface area (Å²) in [6.45, 7) is 6.62. The Morgan fingerprint density at radius 2 is 1.26 bits per heavy atom. The SMILES string of the molecule is CC(C)(C)c1ccnc(-n2c3[c-]c(Oc4[c-]c(-n5[c-][n+](-c6ccccc6-c6cc7c8c(c6)Oc6cccc9c6B8c6c(cccc6N9c6ccccc6)O7)c6ccccc65)ccc4)ccc3c3ccccc32)c1.[Pt]. The number of anilines is 3. The zero-order valence-electron chi connectivity index (χ0n) is 40.4. The number of imidazole rings is 1. The molecular formula is C64H42BN5O3Pt-2. The van der Waals surface area contributed by atoms with Gasteiger partial charge in [-0.3, -0.25) is 4.57 Å². The van der Waals surface area contributed by atoms with Crippen LogP contribution < -0.4 is 40.1 Å². The van der Waals surface area contributed by atoms with Crippen LogP contribution in [0.15, 0.2) is 200 Å². The van der Waals surface area contributed by atoms with Gasteiger partial charge in [-0.2, -0.15) is 18.2 Å². The Labute approximate surface area is 442 Å². The fourth-order valence-corrected chi connectivity index (χ4v) is 11.3.